The van der Waals surface area contributed by atoms with Crippen molar-refractivity contribution in [3.8, 4) is 0 Å². The van der Waals surface area contributed by atoms with Gasteiger partial charge in [-0.1, -0.05) is 120 Å². The number of hydrogen-bond donors (Lipinski definition) is 0. The molecule has 1 aromatic rings. The highest BCUT2D eigenvalue weighted by molar-refractivity contribution is 7.80. The summed E-state index contributed by atoms with van der Waals surface area (Å²) in [5.74, 6) is 1.43. The monoisotopic (exact) mass is 507 g/mol. The molecule has 5 unspecified atom stereocenters. The summed E-state index contributed by atoms with van der Waals surface area (Å²) >= 11 is 5.74. The fourth-order valence-corrected chi connectivity index (χ4v) is 7.22. The van der Waals surface area contributed by atoms with E-state index in [-0.39, 0.29) is 17.9 Å². The van der Waals surface area contributed by atoms with E-state index in [1.165, 1.54) is 64.2 Å². The van der Waals surface area contributed by atoms with Gasteiger partial charge in [-0.15, -0.1) is 6.58 Å². The first-order valence-electron chi connectivity index (χ1n) is 14.5. The first-order valence-corrected chi connectivity index (χ1v) is 14.9. The zero-order valence-electron chi connectivity index (χ0n) is 22.2. The summed E-state index contributed by atoms with van der Waals surface area (Å²) in [4.78, 5) is 15.2. The van der Waals surface area contributed by atoms with Crippen LogP contribution in [0.2, 0.25) is 0 Å². The second-order valence-electron chi connectivity index (χ2n) is 11.1. The third kappa shape index (κ3) is 5.79. The summed E-state index contributed by atoms with van der Waals surface area (Å²) in [6.07, 6.45) is 23.4. The lowest BCUT2D eigenvalue weighted by atomic mass is 9.70. The second kappa shape index (κ2) is 13.0. The number of hydrogen-bond acceptors (Lipinski definition) is 3. The summed E-state index contributed by atoms with van der Waals surface area (Å²) in [7, 11) is 0. The third-order valence-corrected chi connectivity index (χ3v) is 8.99. The van der Waals surface area contributed by atoms with Crippen LogP contribution in [0.4, 0.5) is 0 Å². The summed E-state index contributed by atoms with van der Waals surface area (Å²) in [6.45, 7) is 6.44. The van der Waals surface area contributed by atoms with Crippen molar-refractivity contribution in [2.75, 3.05) is 0 Å². The molecule has 2 bridgehead atoms. The predicted octanol–water partition coefficient (Wildman–Crippen LogP) is 8.49. The molecule has 1 amide bonds. The summed E-state index contributed by atoms with van der Waals surface area (Å²) in [5, 5.41) is 0.323. The van der Waals surface area contributed by atoms with E-state index in [4.69, 9.17) is 17.0 Å². The highest BCUT2D eigenvalue weighted by atomic mass is 32.1. The molecule has 4 heteroatoms. The van der Waals surface area contributed by atoms with Crippen LogP contribution in [0.3, 0.4) is 0 Å². The minimum Gasteiger partial charge on any atom is -0.456 e. The van der Waals surface area contributed by atoms with Crippen LogP contribution >= 0.6 is 12.2 Å². The van der Waals surface area contributed by atoms with Gasteiger partial charge in [0.25, 0.3) is 5.17 Å². The van der Waals surface area contributed by atoms with E-state index in [1.807, 2.05) is 12.1 Å². The number of amides is 1. The molecule has 1 aromatic carbocycles. The Balaban J connectivity index is 1.33. The van der Waals surface area contributed by atoms with Crippen LogP contribution in [0.1, 0.15) is 102 Å². The molecular formula is C32H45NO2S. The Kier molecular flexibility index (Phi) is 9.81. The third-order valence-electron chi connectivity index (χ3n) is 8.71. The van der Waals surface area contributed by atoms with Crippen LogP contribution < -0.4 is 0 Å². The Morgan fingerprint density at radius 1 is 1.00 bits per heavy atom. The number of carbonyl (C=O) groups is 1. The number of rotatable bonds is 15. The average Bonchev–Trinajstić information content (AvgIpc) is 3.61. The number of ether oxygens (including phenoxy) is 1. The Hall–Kier alpha value is -1.94. The molecule has 2 aliphatic carbocycles. The quantitative estimate of drug-likeness (QED) is 0.135. The zero-order chi connectivity index (χ0) is 25.4. The van der Waals surface area contributed by atoms with Gasteiger partial charge in [0.15, 0.2) is 5.60 Å². The van der Waals surface area contributed by atoms with Crippen molar-refractivity contribution < 1.29 is 9.53 Å². The maximum absolute atomic E-state index is 13.5. The Morgan fingerprint density at radius 2 is 1.64 bits per heavy atom. The fourth-order valence-electron chi connectivity index (χ4n) is 6.87. The van der Waals surface area contributed by atoms with Crippen LogP contribution in [0.5, 0.6) is 0 Å². The van der Waals surface area contributed by atoms with Crippen LogP contribution in [0, 0.1) is 17.8 Å². The van der Waals surface area contributed by atoms with Crippen LogP contribution in [-0.2, 0) is 15.1 Å². The van der Waals surface area contributed by atoms with E-state index < -0.39 is 5.60 Å². The smallest absolute Gasteiger partial charge is 0.267 e. The number of nitrogens with zero attached hydrogens (tertiary/aromatic N) is 1. The maximum Gasteiger partial charge on any atom is 0.267 e. The first-order chi connectivity index (χ1) is 17.6. The number of fused-ring (bicyclic) bond motifs is 2. The van der Waals surface area contributed by atoms with Crippen molar-refractivity contribution in [3.05, 3.63) is 60.7 Å². The van der Waals surface area contributed by atoms with Gasteiger partial charge in [0.1, 0.15) is 6.04 Å². The molecule has 0 spiro atoms. The fraction of sp³-hybridized carbons (Fsp3) is 0.625. The molecule has 1 saturated heterocycles. The van der Waals surface area contributed by atoms with Gasteiger partial charge in [-0.2, -0.15) is 0 Å². The number of thiocarbonyl (C=S) groups is 1. The molecule has 4 rings (SSSR count). The largest absolute Gasteiger partial charge is 0.456 e. The second-order valence-corrected chi connectivity index (χ2v) is 11.5. The van der Waals surface area contributed by atoms with Crippen molar-refractivity contribution in [2.45, 2.75) is 108 Å². The molecule has 1 saturated carbocycles. The van der Waals surface area contributed by atoms with E-state index in [0.29, 0.717) is 23.4 Å². The van der Waals surface area contributed by atoms with E-state index in [2.05, 4.69) is 49.9 Å². The van der Waals surface area contributed by atoms with E-state index in [1.54, 1.807) is 4.90 Å². The van der Waals surface area contributed by atoms with Crippen molar-refractivity contribution in [2.24, 2.45) is 17.8 Å². The minimum atomic E-state index is -0.656. The Morgan fingerprint density at radius 3 is 2.19 bits per heavy atom. The number of unbranched alkanes of at least 4 members (excludes halogenated alkanes) is 10. The summed E-state index contributed by atoms with van der Waals surface area (Å²) in [5.41, 5.74) is 0.449. The van der Waals surface area contributed by atoms with Crippen molar-refractivity contribution in [1.29, 1.82) is 0 Å². The molecule has 36 heavy (non-hydrogen) atoms. The minimum absolute atomic E-state index is 0.0809. The summed E-state index contributed by atoms with van der Waals surface area (Å²) < 4.78 is 6.65. The molecule has 3 nitrogen and oxygen atoms in total. The lowest BCUT2D eigenvalue weighted by Crippen LogP contribution is -2.49. The van der Waals surface area contributed by atoms with Crippen molar-refractivity contribution in [1.82, 2.24) is 4.90 Å². The van der Waals surface area contributed by atoms with E-state index >= 15 is 0 Å². The molecule has 5 atom stereocenters. The molecule has 1 aliphatic heterocycles. The van der Waals surface area contributed by atoms with Gasteiger partial charge in [-0.25, -0.2) is 0 Å². The van der Waals surface area contributed by atoms with Gasteiger partial charge in [0.2, 0.25) is 5.91 Å². The maximum atomic E-state index is 13.5. The predicted molar refractivity (Wildman–Crippen MR) is 153 cm³/mol. The van der Waals surface area contributed by atoms with Crippen molar-refractivity contribution in [3.63, 3.8) is 0 Å². The molecule has 0 aromatic heterocycles. The highest BCUT2D eigenvalue weighted by Crippen LogP contribution is 2.57. The van der Waals surface area contributed by atoms with Gasteiger partial charge in [0, 0.05) is 12.3 Å². The number of carbonyl (C=O) groups excluding carboxylic acids is 1. The number of allylic oxidation sites excluding steroid dienone is 2. The molecule has 0 N–H and O–H groups in total. The van der Waals surface area contributed by atoms with Crippen LogP contribution in [-0.4, -0.2) is 22.0 Å². The molecule has 196 valence electrons. The van der Waals surface area contributed by atoms with E-state index in [0.717, 1.165) is 24.8 Å². The Labute approximate surface area is 224 Å². The molecule has 2 fully saturated rings. The molecule has 0 radical (unpaired) electrons. The van der Waals surface area contributed by atoms with Gasteiger partial charge in [-0.05, 0) is 48.9 Å². The zero-order valence-corrected chi connectivity index (χ0v) is 23.0. The SMILES string of the molecule is C=CC1N(C(=O)CCCCCCCCCCCCC)C(=S)OC1(c1ccccc1)C1CC2C=CC1C2. The first kappa shape index (κ1) is 27.1. The van der Waals surface area contributed by atoms with E-state index in [9.17, 15) is 4.79 Å². The molecule has 3 aliphatic rings. The molecular weight excluding hydrogens is 462 g/mol. The molecule has 1 heterocycles. The standard InChI is InChI=1S/C32H45NO2S/c1-3-5-6-7-8-9-10-11-12-13-17-20-30(34)33-29(4-2)32(35-31(33)36,27-18-15-14-16-19-27)28-24-25-21-22-26(28)23-25/h4,14-16,18-19,21-22,25-26,28-29H,2-3,5-13,17,20,23-24H2,1H3. The van der Waals surface area contributed by atoms with Crippen molar-refractivity contribution >= 4 is 23.3 Å². The highest BCUT2D eigenvalue weighted by Gasteiger charge is 2.61. The van der Waals surface area contributed by atoms with Crippen LogP contribution in [0.15, 0.2) is 55.1 Å². The van der Waals surface area contributed by atoms with Crippen LogP contribution in [0.25, 0.3) is 0 Å². The van der Waals surface area contributed by atoms with Gasteiger partial charge in [-0.3, -0.25) is 9.69 Å². The number of benzene rings is 1. The topological polar surface area (TPSA) is 29.5 Å². The normalized spacial score (nSPS) is 28.6. The Bertz CT molecular complexity index is 912. The van der Waals surface area contributed by atoms with Gasteiger partial charge < -0.3 is 4.74 Å². The van der Waals surface area contributed by atoms with Gasteiger partial charge in [0.05, 0.1) is 0 Å². The lowest BCUT2D eigenvalue weighted by Gasteiger charge is -2.41. The average molecular weight is 508 g/mol. The van der Waals surface area contributed by atoms with Gasteiger partial charge >= 0.3 is 0 Å². The lowest BCUT2D eigenvalue weighted by molar-refractivity contribution is -0.129. The summed E-state index contributed by atoms with van der Waals surface area (Å²) in [6, 6.07) is 10.1.